The Morgan fingerprint density at radius 3 is 2.44 bits per heavy atom. The molecule has 1 heterocycles. The Morgan fingerprint density at radius 1 is 1.39 bits per heavy atom. The van der Waals surface area contributed by atoms with Crippen molar-refractivity contribution in [1.82, 2.24) is 10.2 Å². The minimum absolute atomic E-state index is 0.0741. The van der Waals surface area contributed by atoms with Crippen molar-refractivity contribution in [2.45, 2.75) is 52.5 Å². The number of nitrogens with one attached hydrogen (secondary N) is 2. The van der Waals surface area contributed by atoms with Crippen molar-refractivity contribution >= 4 is 11.9 Å². The van der Waals surface area contributed by atoms with Gasteiger partial charge in [-0.05, 0) is 37.0 Å². The Morgan fingerprint density at radius 2 is 1.94 bits per heavy atom. The molecule has 1 aliphatic heterocycles. The van der Waals surface area contributed by atoms with Crippen LogP contribution in [0.15, 0.2) is 0 Å². The quantitative estimate of drug-likeness (QED) is 0.779. The Balaban J connectivity index is 2.31. The van der Waals surface area contributed by atoms with Gasteiger partial charge in [0.25, 0.3) is 0 Å². The van der Waals surface area contributed by atoms with Crippen LogP contribution in [-0.2, 0) is 0 Å². The maximum absolute atomic E-state index is 12.1. The molecule has 4 heteroatoms. The molecule has 2 unspecified atom stereocenters. The Labute approximate surface area is 110 Å². The fourth-order valence-corrected chi connectivity index (χ4v) is 3.76. The van der Waals surface area contributed by atoms with Crippen molar-refractivity contribution in [3.05, 3.63) is 0 Å². The number of carbonyl (C=O) groups excluding carboxylic acids is 1. The van der Waals surface area contributed by atoms with Crippen LogP contribution in [0, 0.1) is 23.2 Å². The van der Waals surface area contributed by atoms with Crippen molar-refractivity contribution in [3.63, 3.8) is 0 Å². The highest BCUT2D eigenvalue weighted by molar-refractivity contribution is 6.08. The molecule has 0 aromatic heterocycles. The first-order valence-electron chi connectivity index (χ1n) is 7.03. The van der Waals surface area contributed by atoms with Crippen LogP contribution in [0.2, 0.25) is 0 Å². The number of amides is 2. The molecule has 1 saturated heterocycles. The molecular formula is C14H25N3O. The molecule has 2 aliphatic rings. The highest BCUT2D eigenvalue weighted by atomic mass is 16.2. The van der Waals surface area contributed by atoms with Gasteiger partial charge in [-0.2, -0.15) is 0 Å². The van der Waals surface area contributed by atoms with E-state index in [0.717, 1.165) is 19.4 Å². The molecule has 2 rings (SSSR count). The topological polar surface area (TPSA) is 56.2 Å². The minimum atomic E-state index is -0.349. The second kappa shape index (κ2) is 4.56. The van der Waals surface area contributed by atoms with Crippen molar-refractivity contribution < 1.29 is 4.79 Å². The molecule has 2 amide bonds. The third kappa shape index (κ3) is 2.13. The summed E-state index contributed by atoms with van der Waals surface area (Å²) < 4.78 is 0. The van der Waals surface area contributed by atoms with Crippen LogP contribution >= 0.6 is 0 Å². The summed E-state index contributed by atoms with van der Waals surface area (Å²) in [4.78, 5) is 14.0. The van der Waals surface area contributed by atoms with Crippen LogP contribution in [0.5, 0.6) is 0 Å². The van der Waals surface area contributed by atoms with E-state index in [2.05, 4.69) is 33.0 Å². The molecular weight excluding hydrogens is 226 g/mol. The van der Waals surface area contributed by atoms with E-state index in [0.29, 0.717) is 23.6 Å². The van der Waals surface area contributed by atoms with Crippen LogP contribution in [0.25, 0.3) is 0 Å². The largest absolute Gasteiger partial charge is 0.323 e. The standard InChI is InChI=1S/C14H25N3O/c1-9(2)8-17-13(18)16-12(15)14(17)6-10(3)5-11(4)7-14/h9-11H,5-8H2,1-4H3,(H2,15,16,18). The summed E-state index contributed by atoms with van der Waals surface area (Å²) in [6.07, 6.45) is 3.07. The minimum Gasteiger partial charge on any atom is -0.311 e. The predicted molar refractivity (Wildman–Crippen MR) is 72.7 cm³/mol. The first kappa shape index (κ1) is 13.4. The average molecular weight is 251 g/mol. The number of hydrogen-bond acceptors (Lipinski definition) is 2. The van der Waals surface area contributed by atoms with E-state index >= 15 is 0 Å². The number of hydrogen-bond donors (Lipinski definition) is 2. The Kier molecular flexibility index (Phi) is 3.39. The highest BCUT2D eigenvalue weighted by Crippen LogP contribution is 2.42. The molecule has 0 aromatic carbocycles. The normalized spacial score (nSPS) is 36.6. The van der Waals surface area contributed by atoms with Crippen molar-refractivity contribution in [1.29, 1.82) is 5.41 Å². The van der Waals surface area contributed by atoms with Crippen LogP contribution in [0.3, 0.4) is 0 Å². The van der Waals surface area contributed by atoms with E-state index < -0.39 is 0 Å². The molecule has 1 aliphatic carbocycles. The van der Waals surface area contributed by atoms with Gasteiger partial charge in [0, 0.05) is 6.54 Å². The summed E-state index contributed by atoms with van der Waals surface area (Å²) >= 11 is 0. The Bertz CT molecular complexity index is 354. The number of rotatable bonds is 2. The van der Waals surface area contributed by atoms with Crippen LogP contribution in [-0.4, -0.2) is 28.9 Å². The second-order valence-electron chi connectivity index (χ2n) is 6.70. The summed E-state index contributed by atoms with van der Waals surface area (Å²) in [6.45, 7) is 9.47. The van der Waals surface area contributed by atoms with Crippen LogP contribution in [0.1, 0.15) is 47.0 Å². The van der Waals surface area contributed by atoms with E-state index in [-0.39, 0.29) is 11.6 Å². The lowest BCUT2D eigenvalue weighted by molar-refractivity contribution is 0.0957. The van der Waals surface area contributed by atoms with E-state index in [1.807, 2.05) is 4.90 Å². The van der Waals surface area contributed by atoms with E-state index in [1.165, 1.54) is 6.42 Å². The maximum atomic E-state index is 12.1. The fourth-order valence-electron chi connectivity index (χ4n) is 3.76. The molecule has 2 N–H and O–H groups in total. The number of urea groups is 1. The zero-order valence-electron chi connectivity index (χ0n) is 11.9. The van der Waals surface area contributed by atoms with Gasteiger partial charge in [0.15, 0.2) is 0 Å². The third-order valence-electron chi connectivity index (χ3n) is 4.18. The SMILES string of the molecule is CC(C)CN1C(=O)NC(=N)C12CC(C)CC(C)C2. The lowest BCUT2D eigenvalue weighted by Gasteiger charge is -2.45. The summed E-state index contributed by atoms with van der Waals surface area (Å²) in [5.74, 6) is 2.02. The molecule has 2 fully saturated rings. The zero-order chi connectivity index (χ0) is 13.5. The average Bonchev–Trinajstić information content (AvgIpc) is 2.41. The number of nitrogens with zero attached hydrogens (tertiary/aromatic N) is 1. The highest BCUT2D eigenvalue weighted by Gasteiger charge is 2.53. The predicted octanol–water partition coefficient (Wildman–Crippen LogP) is 2.84. The zero-order valence-corrected chi connectivity index (χ0v) is 11.9. The lowest BCUT2D eigenvalue weighted by Crippen LogP contribution is -2.54. The number of amidine groups is 1. The summed E-state index contributed by atoms with van der Waals surface area (Å²) in [6, 6.07) is -0.0741. The summed E-state index contributed by atoms with van der Waals surface area (Å²) in [5, 5.41) is 10.9. The van der Waals surface area contributed by atoms with Crippen molar-refractivity contribution in [2.24, 2.45) is 17.8 Å². The van der Waals surface area contributed by atoms with E-state index in [4.69, 9.17) is 5.41 Å². The first-order valence-corrected chi connectivity index (χ1v) is 7.03. The van der Waals surface area contributed by atoms with Gasteiger partial charge >= 0.3 is 6.03 Å². The van der Waals surface area contributed by atoms with Crippen molar-refractivity contribution in [3.8, 4) is 0 Å². The summed E-state index contributed by atoms with van der Waals surface area (Å²) in [5.41, 5.74) is -0.349. The fraction of sp³-hybridized carbons (Fsp3) is 0.857. The van der Waals surface area contributed by atoms with E-state index in [9.17, 15) is 4.79 Å². The molecule has 18 heavy (non-hydrogen) atoms. The van der Waals surface area contributed by atoms with Gasteiger partial charge in [-0.1, -0.05) is 27.7 Å². The van der Waals surface area contributed by atoms with Gasteiger partial charge in [-0.15, -0.1) is 0 Å². The molecule has 1 spiro atoms. The van der Waals surface area contributed by atoms with Crippen molar-refractivity contribution in [2.75, 3.05) is 6.54 Å². The van der Waals surface area contributed by atoms with Gasteiger partial charge in [0.2, 0.25) is 0 Å². The Hall–Kier alpha value is -1.06. The molecule has 4 nitrogen and oxygen atoms in total. The van der Waals surface area contributed by atoms with Gasteiger partial charge in [-0.25, -0.2) is 4.79 Å². The summed E-state index contributed by atoms with van der Waals surface area (Å²) in [7, 11) is 0. The molecule has 0 bridgehead atoms. The van der Waals surface area contributed by atoms with E-state index in [1.54, 1.807) is 0 Å². The van der Waals surface area contributed by atoms with Gasteiger partial charge in [0.05, 0.1) is 0 Å². The maximum Gasteiger partial charge on any atom is 0.323 e. The lowest BCUT2D eigenvalue weighted by atomic mass is 9.70. The van der Waals surface area contributed by atoms with Crippen LogP contribution in [0.4, 0.5) is 4.79 Å². The second-order valence-corrected chi connectivity index (χ2v) is 6.70. The van der Waals surface area contributed by atoms with Gasteiger partial charge < -0.3 is 4.90 Å². The molecule has 2 atom stereocenters. The van der Waals surface area contributed by atoms with Gasteiger partial charge in [-0.3, -0.25) is 10.7 Å². The molecule has 0 aromatic rings. The molecule has 102 valence electrons. The molecule has 0 radical (unpaired) electrons. The molecule has 1 saturated carbocycles. The van der Waals surface area contributed by atoms with Gasteiger partial charge in [0.1, 0.15) is 11.4 Å². The first-order chi connectivity index (χ1) is 8.35. The smallest absolute Gasteiger partial charge is 0.311 e. The number of carbonyl (C=O) groups is 1. The third-order valence-corrected chi connectivity index (χ3v) is 4.18. The monoisotopic (exact) mass is 251 g/mol. The van der Waals surface area contributed by atoms with Crippen LogP contribution < -0.4 is 5.32 Å².